The van der Waals surface area contributed by atoms with Crippen molar-refractivity contribution in [1.29, 1.82) is 0 Å². The lowest BCUT2D eigenvalue weighted by Crippen LogP contribution is -2.47. The maximum Gasteiger partial charge on any atom is 0.235 e. The lowest BCUT2D eigenvalue weighted by atomic mass is 10.1. The van der Waals surface area contributed by atoms with Gasteiger partial charge in [0.15, 0.2) is 0 Å². The van der Waals surface area contributed by atoms with Crippen LogP contribution in [0.25, 0.3) is 0 Å². The molecule has 2 unspecified atom stereocenters. The van der Waals surface area contributed by atoms with Gasteiger partial charge in [-0.05, 0) is 26.7 Å². The molecular formula is C12H23N3O3. The fraction of sp³-hybridized carbons (Fsp3) is 0.833. The Hall–Kier alpha value is -1.14. The average molecular weight is 257 g/mol. The van der Waals surface area contributed by atoms with Crippen molar-refractivity contribution in [3.05, 3.63) is 0 Å². The number of hydrogen-bond donors (Lipinski definition) is 3. The zero-order valence-corrected chi connectivity index (χ0v) is 11.1. The van der Waals surface area contributed by atoms with Crippen molar-refractivity contribution in [2.24, 2.45) is 5.73 Å². The van der Waals surface area contributed by atoms with Crippen LogP contribution >= 0.6 is 0 Å². The summed E-state index contributed by atoms with van der Waals surface area (Å²) < 4.78 is 5.44. The van der Waals surface area contributed by atoms with Crippen LogP contribution < -0.4 is 16.4 Å². The molecule has 104 valence electrons. The number of carbonyl (C=O) groups excluding carboxylic acids is 2. The van der Waals surface area contributed by atoms with E-state index < -0.39 is 11.9 Å². The molecule has 18 heavy (non-hydrogen) atoms. The first kappa shape index (κ1) is 14.9. The van der Waals surface area contributed by atoms with Gasteiger partial charge in [0, 0.05) is 19.2 Å². The molecule has 1 rings (SSSR count). The molecule has 6 nitrogen and oxygen atoms in total. The summed E-state index contributed by atoms with van der Waals surface area (Å²) in [5.74, 6) is -0.680. The smallest absolute Gasteiger partial charge is 0.235 e. The number of carbonyl (C=O) groups is 2. The molecule has 0 bridgehead atoms. The summed E-state index contributed by atoms with van der Waals surface area (Å²) in [4.78, 5) is 22.8. The van der Waals surface area contributed by atoms with Gasteiger partial charge in [-0.15, -0.1) is 0 Å². The van der Waals surface area contributed by atoms with E-state index in [2.05, 4.69) is 10.6 Å². The number of rotatable bonds is 7. The molecule has 0 radical (unpaired) electrons. The van der Waals surface area contributed by atoms with E-state index in [1.165, 1.54) is 0 Å². The van der Waals surface area contributed by atoms with Crippen molar-refractivity contribution in [2.45, 2.75) is 51.3 Å². The van der Waals surface area contributed by atoms with Crippen molar-refractivity contribution < 1.29 is 14.3 Å². The molecule has 4 N–H and O–H groups in total. The summed E-state index contributed by atoms with van der Waals surface area (Å²) in [7, 11) is 0. The second-order valence-electron chi connectivity index (χ2n) is 4.92. The number of nitrogens with one attached hydrogen (secondary N) is 2. The molecule has 0 aromatic rings. The van der Waals surface area contributed by atoms with E-state index in [0.29, 0.717) is 6.54 Å². The first-order valence-electron chi connectivity index (χ1n) is 6.42. The lowest BCUT2D eigenvalue weighted by molar-refractivity contribution is -0.127. The van der Waals surface area contributed by atoms with Gasteiger partial charge in [-0.3, -0.25) is 9.59 Å². The van der Waals surface area contributed by atoms with Crippen LogP contribution in [-0.2, 0) is 14.3 Å². The second-order valence-corrected chi connectivity index (χ2v) is 4.92. The molecule has 1 aliphatic rings. The first-order valence-corrected chi connectivity index (χ1v) is 6.42. The number of primary amides is 1. The Morgan fingerprint density at radius 1 is 1.44 bits per heavy atom. The third-order valence-corrected chi connectivity index (χ3v) is 2.80. The normalized spacial score (nSPS) is 20.9. The van der Waals surface area contributed by atoms with Crippen molar-refractivity contribution in [1.82, 2.24) is 10.6 Å². The van der Waals surface area contributed by atoms with Gasteiger partial charge >= 0.3 is 0 Å². The SMILES string of the molecule is CC(C)NC(=O)CC(NCC1CCCO1)C(N)=O. The highest BCUT2D eigenvalue weighted by molar-refractivity contribution is 5.87. The highest BCUT2D eigenvalue weighted by Crippen LogP contribution is 2.11. The lowest BCUT2D eigenvalue weighted by Gasteiger charge is -2.18. The van der Waals surface area contributed by atoms with Gasteiger partial charge in [-0.25, -0.2) is 0 Å². The van der Waals surface area contributed by atoms with Crippen LogP contribution in [0, 0.1) is 0 Å². The van der Waals surface area contributed by atoms with Gasteiger partial charge in [-0.2, -0.15) is 0 Å². The molecule has 0 saturated carbocycles. The Balaban J connectivity index is 2.34. The summed E-state index contributed by atoms with van der Waals surface area (Å²) in [5.41, 5.74) is 5.28. The molecule has 6 heteroatoms. The van der Waals surface area contributed by atoms with Crippen LogP contribution in [0.5, 0.6) is 0 Å². The van der Waals surface area contributed by atoms with Crippen molar-refractivity contribution >= 4 is 11.8 Å². The van der Waals surface area contributed by atoms with Crippen LogP contribution in [0.15, 0.2) is 0 Å². The van der Waals surface area contributed by atoms with E-state index in [-0.39, 0.29) is 24.5 Å². The Morgan fingerprint density at radius 2 is 2.17 bits per heavy atom. The van der Waals surface area contributed by atoms with Gasteiger partial charge in [-0.1, -0.05) is 0 Å². The van der Waals surface area contributed by atoms with Crippen molar-refractivity contribution in [3.63, 3.8) is 0 Å². The van der Waals surface area contributed by atoms with Gasteiger partial charge in [0.2, 0.25) is 11.8 Å². The van der Waals surface area contributed by atoms with E-state index in [1.807, 2.05) is 13.8 Å². The third kappa shape index (κ3) is 5.46. The molecule has 1 saturated heterocycles. The number of nitrogens with two attached hydrogens (primary N) is 1. The van der Waals surface area contributed by atoms with E-state index in [1.54, 1.807) is 0 Å². The highest BCUT2D eigenvalue weighted by Gasteiger charge is 2.22. The van der Waals surface area contributed by atoms with E-state index >= 15 is 0 Å². The van der Waals surface area contributed by atoms with Gasteiger partial charge < -0.3 is 21.1 Å². The predicted octanol–water partition coefficient (Wildman–Crippen LogP) is -0.476. The zero-order valence-electron chi connectivity index (χ0n) is 11.1. The highest BCUT2D eigenvalue weighted by atomic mass is 16.5. The Morgan fingerprint density at radius 3 is 2.67 bits per heavy atom. The monoisotopic (exact) mass is 257 g/mol. The largest absolute Gasteiger partial charge is 0.377 e. The molecule has 0 spiro atoms. The third-order valence-electron chi connectivity index (χ3n) is 2.80. The van der Waals surface area contributed by atoms with Gasteiger partial charge in [0.05, 0.1) is 18.6 Å². The van der Waals surface area contributed by atoms with Crippen molar-refractivity contribution in [2.75, 3.05) is 13.2 Å². The molecule has 1 aliphatic heterocycles. The van der Waals surface area contributed by atoms with Crippen LogP contribution in [-0.4, -0.2) is 43.2 Å². The molecule has 0 aromatic carbocycles. The molecule has 0 aromatic heterocycles. The Labute approximate surface area is 108 Å². The molecule has 1 fully saturated rings. The topological polar surface area (TPSA) is 93.4 Å². The van der Waals surface area contributed by atoms with Gasteiger partial charge in [0.1, 0.15) is 0 Å². The molecule has 1 heterocycles. The quantitative estimate of drug-likeness (QED) is 0.574. The summed E-state index contributed by atoms with van der Waals surface area (Å²) >= 11 is 0. The Bertz CT molecular complexity index is 288. The minimum absolute atomic E-state index is 0.0594. The summed E-state index contributed by atoms with van der Waals surface area (Å²) in [5, 5.41) is 5.74. The molecule has 2 amide bonds. The number of ether oxygens (including phenoxy) is 1. The summed E-state index contributed by atoms with van der Waals surface area (Å²) in [6.45, 7) is 5.07. The first-order chi connectivity index (χ1) is 8.49. The fourth-order valence-corrected chi connectivity index (χ4v) is 1.92. The number of hydrogen-bond acceptors (Lipinski definition) is 4. The average Bonchev–Trinajstić information content (AvgIpc) is 2.75. The maximum atomic E-state index is 11.6. The van der Waals surface area contributed by atoms with Crippen LogP contribution in [0.3, 0.4) is 0 Å². The predicted molar refractivity (Wildman–Crippen MR) is 67.9 cm³/mol. The van der Waals surface area contributed by atoms with Crippen LogP contribution in [0.4, 0.5) is 0 Å². The maximum absolute atomic E-state index is 11.6. The molecular weight excluding hydrogens is 234 g/mol. The molecule has 0 aliphatic carbocycles. The van der Waals surface area contributed by atoms with Crippen LogP contribution in [0.1, 0.15) is 33.1 Å². The fourth-order valence-electron chi connectivity index (χ4n) is 1.92. The Kier molecular flexibility index (Phi) is 6.07. The van der Waals surface area contributed by atoms with E-state index in [4.69, 9.17) is 10.5 Å². The standard InChI is InChI=1S/C12H23N3O3/c1-8(2)15-11(16)6-10(12(13)17)14-7-9-4-3-5-18-9/h8-10,14H,3-7H2,1-2H3,(H2,13,17)(H,15,16). The molecule has 2 atom stereocenters. The second kappa shape index (κ2) is 7.33. The summed E-state index contributed by atoms with van der Waals surface area (Å²) in [6, 6.07) is -0.572. The minimum Gasteiger partial charge on any atom is -0.377 e. The minimum atomic E-state index is -0.632. The number of amides is 2. The van der Waals surface area contributed by atoms with Gasteiger partial charge in [0.25, 0.3) is 0 Å². The zero-order chi connectivity index (χ0) is 13.5. The van der Waals surface area contributed by atoms with Crippen molar-refractivity contribution in [3.8, 4) is 0 Å². The van der Waals surface area contributed by atoms with E-state index in [9.17, 15) is 9.59 Å². The van der Waals surface area contributed by atoms with E-state index in [0.717, 1.165) is 19.4 Å². The van der Waals surface area contributed by atoms with Crippen LogP contribution in [0.2, 0.25) is 0 Å². The summed E-state index contributed by atoms with van der Waals surface area (Å²) in [6.07, 6.45) is 2.22.